The van der Waals surface area contributed by atoms with Gasteiger partial charge in [0.25, 0.3) is 0 Å². The van der Waals surface area contributed by atoms with Gasteiger partial charge in [0.1, 0.15) is 11.6 Å². The molecule has 1 aromatic carbocycles. The first-order valence-electron chi connectivity index (χ1n) is 8.31. The zero-order chi connectivity index (χ0) is 17.1. The highest BCUT2D eigenvalue weighted by molar-refractivity contribution is 5.62. The molecule has 6 nitrogen and oxygen atoms in total. The Morgan fingerprint density at radius 1 is 1.04 bits per heavy atom. The first-order valence-corrected chi connectivity index (χ1v) is 8.31. The highest BCUT2D eigenvalue weighted by Gasteiger charge is 2.20. The van der Waals surface area contributed by atoms with E-state index in [0.717, 1.165) is 55.4 Å². The van der Waals surface area contributed by atoms with Crippen LogP contribution in [0.25, 0.3) is 11.3 Å². The lowest BCUT2D eigenvalue weighted by atomic mass is 10.1. The second kappa shape index (κ2) is 6.98. The predicted molar refractivity (Wildman–Crippen MR) is 93.5 cm³/mol. The number of H-pyrrole nitrogens is 1. The van der Waals surface area contributed by atoms with E-state index in [1.54, 1.807) is 30.7 Å². The molecule has 0 amide bonds. The van der Waals surface area contributed by atoms with Crippen LogP contribution in [0.15, 0.2) is 49.1 Å². The van der Waals surface area contributed by atoms with Crippen LogP contribution in [-0.2, 0) is 6.54 Å². The molecule has 1 saturated heterocycles. The second-order valence-electron chi connectivity index (χ2n) is 6.09. The van der Waals surface area contributed by atoms with Crippen molar-refractivity contribution in [1.29, 1.82) is 0 Å². The first-order chi connectivity index (χ1) is 12.3. The van der Waals surface area contributed by atoms with Crippen molar-refractivity contribution < 1.29 is 4.39 Å². The fourth-order valence-electron chi connectivity index (χ4n) is 3.12. The summed E-state index contributed by atoms with van der Waals surface area (Å²) in [5.74, 6) is 0.693. The fraction of sp³-hybridized carbons (Fsp3) is 0.278. The first kappa shape index (κ1) is 15.7. The van der Waals surface area contributed by atoms with Gasteiger partial charge in [-0.15, -0.1) is 0 Å². The molecule has 3 heterocycles. The van der Waals surface area contributed by atoms with Gasteiger partial charge in [-0.25, -0.2) is 9.37 Å². The van der Waals surface area contributed by atoms with Crippen LogP contribution >= 0.6 is 0 Å². The summed E-state index contributed by atoms with van der Waals surface area (Å²) in [4.78, 5) is 13.1. The van der Waals surface area contributed by atoms with Crippen molar-refractivity contribution >= 4 is 5.82 Å². The fourth-order valence-corrected chi connectivity index (χ4v) is 3.12. The lowest BCUT2D eigenvalue weighted by Gasteiger charge is -2.35. The van der Waals surface area contributed by atoms with E-state index >= 15 is 0 Å². The molecule has 1 aliphatic heterocycles. The van der Waals surface area contributed by atoms with Crippen LogP contribution in [-0.4, -0.2) is 51.2 Å². The van der Waals surface area contributed by atoms with Crippen LogP contribution in [0.2, 0.25) is 0 Å². The minimum absolute atomic E-state index is 0.235. The summed E-state index contributed by atoms with van der Waals surface area (Å²) in [6, 6.07) is 6.46. The predicted octanol–water partition coefficient (Wildman–Crippen LogP) is 2.33. The number of hydrogen-bond acceptors (Lipinski definition) is 5. The third-order valence-corrected chi connectivity index (χ3v) is 4.48. The van der Waals surface area contributed by atoms with Crippen molar-refractivity contribution in [1.82, 2.24) is 25.1 Å². The third-order valence-electron chi connectivity index (χ3n) is 4.48. The molecule has 1 aliphatic rings. The number of rotatable bonds is 4. The Hall–Kier alpha value is -2.80. The van der Waals surface area contributed by atoms with Gasteiger partial charge in [0.05, 0.1) is 11.9 Å². The largest absolute Gasteiger partial charge is 0.353 e. The molecule has 0 unspecified atom stereocenters. The van der Waals surface area contributed by atoms with Crippen LogP contribution < -0.4 is 4.90 Å². The Morgan fingerprint density at radius 3 is 2.56 bits per heavy atom. The smallest absolute Gasteiger partial charge is 0.147 e. The summed E-state index contributed by atoms with van der Waals surface area (Å²) < 4.78 is 13.1. The van der Waals surface area contributed by atoms with E-state index in [-0.39, 0.29) is 5.82 Å². The van der Waals surface area contributed by atoms with E-state index in [1.165, 1.54) is 12.1 Å². The lowest BCUT2D eigenvalue weighted by Crippen LogP contribution is -2.46. The lowest BCUT2D eigenvalue weighted by molar-refractivity contribution is 0.249. The Kier molecular flexibility index (Phi) is 4.39. The van der Waals surface area contributed by atoms with Gasteiger partial charge in [-0.3, -0.25) is 15.0 Å². The maximum atomic E-state index is 13.1. The maximum Gasteiger partial charge on any atom is 0.147 e. The highest BCUT2D eigenvalue weighted by atomic mass is 19.1. The van der Waals surface area contributed by atoms with Crippen molar-refractivity contribution in [2.75, 3.05) is 31.1 Å². The molecule has 1 N–H and O–H groups in total. The molecular formula is C18H19FN6. The minimum atomic E-state index is -0.235. The van der Waals surface area contributed by atoms with Crippen LogP contribution in [0, 0.1) is 5.82 Å². The molecular weight excluding hydrogens is 319 g/mol. The average molecular weight is 338 g/mol. The zero-order valence-corrected chi connectivity index (χ0v) is 13.8. The number of piperazine rings is 1. The summed E-state index contributed by atoms with van der Waals surface area (Å²) in [5, 5.41) is 7.28. The quantitative estimate of drug-likeness (QED) is 0.791. The minimum Gasteiger partial charge on any atom is -0.353 e. The molecule has 0 spiro atoms. The zero-order valence-electron chi connectivity index (χ0n) is 13.8. The molecule has 0 radical (unpaired) electrons. The molecule has 128 valence electrons. The Morgan fingerprint density at radius 2 is 1.84 bits per heavy atom. The standard InChI is InChI=1S/C18H19FN6/c19-16-3-1-14(2-4-16)18-15(11-22-23-18)13-24-7-9-25(10-8-24)17-12-20-5-6-21-17/h1-6,11-12H,7-10,13H2,(H,22,23). The van der Waals surface area contributed by atoms with Crippen molar-refractivity contribution in [2.24, 2.45) is 0 Å². The number of anilines is 1. The molecule has 7 heteroatoms. The molecule has 2 aromatic heterocycles. The van der Waals surface area contributed by atoms with Crippen molar-refractivity contribution in [3.05, 3.63) is 60.4 Å². The summed E-state index contributed by atoms with van der Waals surface area (Å²) in [7, 11) is 0. The van der Waals surface area contributed by atoms with Crippen LogP contribution in [0.3, 0.4) is 0 Å². The molecule has 4 rings (SSSR count). The summed E-state index contributed by atoms with van der Waals surface area (Å²) in [5.41, 5.74) is 2.94. The molecule has 1 fully saturated rings. The van der Waals surface area contributed by atoms with Gasteiger partial charge < -0.3 is 4.90 Å². The van der Waals surface area contributed by atoms with E-state index in [0.29, 0.717) is 0 Å². The number of nitrogens with zero attached hydrogens (tertiary/aromatic N) is 5. The van der Waals surface area contributed by atoms with Crippen LogP contribution in [0.4, 0.5) is 10.2 Å². The van der Waals surface area contributed by atoms with Crippen molar-refractivity contribution in [3.8, 4) is 11.3 Å². The van der Waals surface area contributed by atoms with Gasteiger partial charge in [0.15, 0.2) is 0 Å². The van der Waals surface area contributed by atoms with Gasteiger partial charge in [-0.1, -0.05) is 0 Å². The van der Waals surface area contributed by atoms with Gasteiger partial charge in [-0.2, -0.15) is 5.10 Å². The topological polar surface area (TPSA) is 60.9 Å². The number of hydrogen-bond donors (Lipinski definition) is 1. The van der Waals surface area contributed by atoms with Gasteiger partial charge >= 0.3 is 0 Å². The van der Waals surface area contributed by atoms with Crippen LogP contribution in [0.1, 0.15) is 5.56 Å². The van der Waals surface area contributed by atoms with E-state index in [2.05, 4.69) is 30.0 Å². The number of benzene rings is 1. The molecule has 25 heavy (non-hydrogen) atoms. The van der Waals surface area contributed by atoms with Crippen molar-refractivity contribution in [2.45, 2.75) is 6.54 Å². The maximum absolute atomic E-state index is 13.1. The highest BCUT2D eigenvalue weighted by Crippen LogP contribution is 2.23. The molecule has 0 aliphatic carbocycles. The second-order valence-corrected chi connectivity index (χ2v) is 6.09. The van der Waals surface area contributed by atoms with Gasteiger partial charge in [-0.05, 0) is 24.3 Å². The Labute approximate surface area is 145 Å². The third kappa shape index (κ3) is 3.51. The normalized spacial score (nSPS) is 15.5. The molecule has 3 aromatic rings. The Bertz CT molecular complexity index is 809. The van der Waals surface area contributed by atoms with Gasteiger partial charge in [0, 0.05) is 62.4 Å². The molecule has 0 saturated carbocycles. The van der Waals surface area contributed by atoms with Crippen molar-refractivity contribution in [3.63, 3.8) is 0 Å². The number of aromatic amines is 1. The summed E-state index contributed by atoms with van der Waals surface area (Å²) in [6.07, 6.45) is 7.14. The number of aromatic nitrogens is 4. The Balaban J connectivity index is 1.41. The van der Waals surface area contributed by atoms with E-state index in [1.807, 2.05) is 6.20 Å². The molecule has 0 atom stereocenters. The van der Waals surface area contributed by atoms with E-state index < -0.39 is 0 Å². The summed E-state index contributed by atoms with van der Waals surface area (Å²) >= 11 is 0. The summed E-state index contributed by atoms with van der Waals surface area (Å²) in [6.45, 7) is 4.55. The number of halogens is 1. The van der Waals surface area contributed by atoms with E-state index in [9.17, 15) is 4.39 Å². The average Bonchev–Trinajstić information content (AvgIpc) is 3.12. The monoisotopic (exact) mass is 338 g/mol. The molecule has 0 bridgehead atoms. The van der Waals surface area contributed by atoms with E-state index in [4.69, 9.17) is 0 Å². The van der Waals surface area contributed by atoms with Gasteiger partial charge in [0.2, 0.25) is 0 Å². The van der Waals surface area contributed by atoms with Crippen LogP contribution in [0.5, 0.6) is 0 Å². The SMILES string of the molecule is Fc1ccc(-c2n[nH]cc2CN2CCN(c3cnccn3)CC2)cc1. The number of nitrogens with one attached hydrogen (secondary N) is 1.